The summed E-state index contributed by atoms with van der Waals surface area (Å²) in [6.45, 7) is 10.1. The zero-order valence-electron chi connectivity index (χ0n) is 16.9. The summed E-state index contributed by atoms with van der Waals surface area (Å²) < 4.78 is 5.39. The predicted octanol–water partition coefficient (Wildman–Crippen LogP) is 3.05. The summed E-state index contributed by atoms with van der Waals surface area (Å²) in [7, 11) is 1.64. The fraction of sp³-hybridized carbons (Fsp3) is 0.429. The van der Waals surface area contributed by atoms with Gasteiger partial charge in [0.05, 0.1) is 23.7 Å². The Hall–Kier alpha value is -2.96. The number of nitrogens with zero attached hydrogens (tertiary/aromatic N) is 6. The van der Waals surface area contributed by atoms with Crippen LogP contribution in [0.2, 0.25) is 0 Å². The van der Waals surface area contributed by atoms with Crippen LogP contribution in [0.25, 0.3) is 10.9 Å². The summed E-state index contributed by atoms with van der Waals surface area (Å²) >= 11 is 0. The summed E-state index contributed by atoms with van der Waals surface area (Å²) in [6, 6.07) is 10.4. The molecule has 7 nitrogen and oxygen atoms in total. The van der Waals surface area contributed by atoms with E-state index in [0.717, 1.165) is 54.3 Å². The number of hydrogen-bond acceptors (Lipinski definition) is 7. The monoisotopic (exact) mass is 378 g/mol. The fourth-order valence-corrected chi connectivity index (χ4v) is 3.47. The van der Waals surface area contributed by atoms with Gasteiger partial charge < -0.3 is 14.5 Å². The molecule has 1 aliphatic rings. The Balaban J connectivity index is 1.47. The van der Waals surface area contributed by atoms with Gasteiger partial charge in [-0.05, 0) is 30.3 Å². The highest BCUT2D eigenvalue weighted by Crippen LogP contribution is 2.28. The average Bonchev–Trinajstić information content (AvgIpc) is 2.72. The number of hydrogen-bond donors (Lipinski definition) is 0. The van der Waals surface area contributed by atoms with Crippen molar-refractivity contribution in [3.8, 4) is 5.88 Å². The highest BCUT2D eigenvalue weighted by Gasteiger charge is 2.21. The average molecular weight is 378 g/mol. The van der Waals surface area contributed by atoms with Crippen LogP contribution in [0.1, 0.15) is 26.5 Å². The maximum absolute atomic E-state index is 5.39. The lowest BCUT2D eigenvalue weighted by atomic mass is 9.92. The molecule has 0 N–H and O–H groups in total. The van der Waals surface area contributed by atoms with Crippen LogP contribution in [0.3, 0.4) is 0 Å². The van der Waals surface area contributed by atoms with Crippen LogP contribution in [0.5, 0.6) is 5.88 Å². The van der Waals surface area contributed by atoms with Gasteiger partial charge >= 0.3 is 0 Å². The lowest BCUT2D eigenvalue weighted by Gasteiger charge is -2.36. The van der Waals surface area contributed by atoms with E-state index in [-0.39, 0.29) is 5.41 Å². The van der Waals surface area contributed by atoms with Gasteiger partial charge in [-0.15, -0.1) is 5.10 Å². The first-order valence-corrected chi connectivity index (χ1v) is 9.58. The quantitative estimate of drug-likeness (QED) is 0.694. The molecule has 0 amide bonds. The van der Waals surface area contributed by atoms with Crippen LogP contribution in [0, 0.1) is 0 Å². The SMILES string of the molecule is COc1ncnc2ccc(N3CCN(c4ccc(C(C)(C)C)nn4)CC3)cc12. The van der Waals surface area contributed by atoms with Gasteiger partial charge in [0.25, 0.3) is 0 Å². The van der Waals surface area contributed by atoms with E-state index in [1.807, 2.05) is 6.07 Å². The van der Waals surface area contributed by atoms with E-state index >= 15 is 0 Å². The zero-order valence-corrected chi connectivity index (χ0v) is 16.9. The predicted molar refractivity (Wildman–Crippen MR) is 111 cm³/mol. The molecule has 28 heavy (non-hydrogen) atoms. The molecular formula is C21H26N6O. The Morgan fingerprint density at radius 2 is 1.64 bits per heavy atom. The van der Waals surface area contributed by atoms with Crippen LogP contribution in [-0.4, -0.2) is 53.5 Å². The van der Waals surface area contributed by atoms with Gasteiger partial charge in [0, 0.05) is 37.3 Å². The standard InChI is InChI=1S/C21H26N6O/c1-21(2,3)18-7-8-19(25-24-18)27-11-9-26(10-12-27)15-5-6-17-16(13-15)20(28-4)23-14-22-17/h5-8,13-14H,9-12H2,1-4H3. The second-order valence-corrected chi connectivity index (χ2v) is 8.09. The number of anilines is 2. The highest BCUT2D eigenvalue weighted by atomic mass is 16.5. The summed E-state index contributed by atoms with van der Waals surface area (Å²) in [5, 5.41) is 9.82. The lowest BCUT2D eigenvalue weighted by molar-refractivity contribution is 0.402. The summed E-state index contributed by atoms with van der Waals surface area (Å²) in [5.41, 5.74) is 3.09. The van der Waals surface area contributed by atoms with E-state index in [0.29, 0.717) is 5.88 Å². The molecule has 146 valence electrons. The maximum Gasteiger partial charge on any atom is 0.224 e. The van der Waals surface area contributed by atoms with Gasteiger partial charge in [-0.3, -0.25) is 0 Å². The molecule has 1 aliphatic heterocycles. The van der Waals surface area contributed by atoms with Crippen molar-refractivity contribution in [1.82, 2.24) is 20.2 Å². The third kappa shape index (κ3) is 3.56. The van der Waals surface area contributed by atoms with E-state index < -0.39 is 0 Å². The van der Waals surface area contributed by atoms with Crippen molar-refractivity contribution in [2.45, 2.75) is 26.2 Å². The molecule has 0 aliphatic carbocycles. The number of ether oxygens (including phenoxy) is 1. The third-order valence-electron chi connectivity index (χ3n) is 5.16. The first-order valence-electron chi connectivity index (χ1n) is 9.58. The molecule has 1 saturated heterocycles. The molecule has 3 heterocycles. The smallest absolute Gasteiger partial charge is 0.224 e. The van der Waals surface area contributed by atoms with Crippen LogP contribution >= 0.6 is 0 Å². The van der Waals surface area contributed by atoms with E-state index in [2.05, 4.69) is 75.0 Å². The largest absolute Gasteiger partial charge is 0.480 e. The summed E-state index contributed by atoms with van der Waals surface area (Å²) in [6.07, 6.45) is 1.53. The number of rotatable bonds is 3. The van der Waals surface area contributed by atoms with Crippen molar-refractivity contribution in [3.63, 3.8) is 0 Å². The molecule has 0 spiro atoms. The van der Waals surface area contributed by atoms with Crippen molar-refractivity contribution < 1.29 is 4.74 Å². The van der Waals surface area contributed by atoms with Crippen LogP contribution in [0.4, 0.5) is 11.5 Å². The highest BCUT2D eigenvalue weighted by molar-refractivity contribution is 5.86. The van der Waals surface area contributed by atoms with Crippen molar-refractivity contribution in [1.29, 1.82) is 0 Å². The number of benzene rings is 1. The second-order valence-electron chi connectivity index (χ2n) is 8.09. The van der Waals surface area contributed by atoms with Crippen LogP contribution < -0.4 is 14.5 Å². The Bertz CT molecular complexity index is 959. The molecule has 0 unspecified atom stereocenters. The zero-order chi connectivity index (χ0) is 19.7. The minimum absolute atomic E-state index is 0.0189. The number of piperazine rings is 1. The van der Waals surface area contributed by atoms with E-state index in [4.69, 9.17) is 4.74 Å². The van der Waals surface area contributed by atoms with Crippen LogP contribution in [-0.2, 0) is 5.41 Å². The maximum atomic E-state index is 5.39. The van der Waals surface area contributed by atoms with E-state index in [1.54, 1.807) is 7.11 Å². The van der Waals surface area contributed by atoms with Gasteiger partial charge in [-0.2, -0.15) is 5.10 Å². The van der Waals surface area contributed by atoms with Gasteiger partial charge in [0.15, 0.2) is 5.82 Å². The molecule has 3 aromatic rings. The first kappa shape index (κ1) is 18.4. The molecule has 0 atom stereocenters. The molecule has 4 rings (SSSR count). The van der Waals surface area contributed by atoms with Crippen molar-refractivity contribution in [2.24, 2.45) is 0 Å². The molecule has 0 bridgehead atoms. The normalized spacial score (nSPS) is 15.1. The first-order chi connectivity index (χ1) is 13.5. The van der Waals surface area contributed by atoms with E-state index in [1.165, 1.54) is 6.33 Å². The Kier molecular flexibility index (Phi) is 4.75. The van der Waals surface area contributed by atoms with E-state index in [9.17, 15) is 0 Å². The fourth-order valence-electron chi connectivity index (χ4n) is 3.47. The topological polar surface area (TPSA) is 67.3 Å². The Labute approximate surface area is 165 Å². The number of aromatic nitrogens is 4. The van der Waals surface area contributed by atoms with Crippen molar-refractivity contribution >= 4 is 22.4 Å². The Morgan fingerprint density at radius 1 is 0.893 bits per heavy atom. The van der Waals surface area contributed by atoms with Crippen molar-refractivity contribution in [2.75, 3.05) is 43.1 Å². The Morgan fingerprint density at radius 3 is 2.29 bits per heavy atom. The number of methoxy groups -OCH3 is 1. The molecular weight excluding hydrogens is 352 g/mol. The summed E-state index contributed by atoms with van der Waals surface area (Å²) in [4.78, 5) is 13.2. The minimum Gasteiger partial charge on any atom is -0.480 e. The lowest BCUT2D eigenvalue weighted by Crippen LogP contribution is -2.47. The van der Waals surface area contributed by atoms with Gasteiger partial charge in [-0.25, -0.2) is 9.97 Å². The van der Waals surface area contributed by atoms with Crippen molar-refractivity contribution in [3.05, 3.63) is 42.4 Å². The second kappa shape index (κ2) is 7.22. The molecule has 0 saturated carbocycles. The molecule has 2 aromatic heterocycles. The number of fused-ring (bicyclic) bond motifs is 1. The molecule has 1 fully saturated rings. The van der Waals surface area contributed by atoms with Gasteiger partial charge in [0.1, 0.15) is 6.33 Å². The molecule has 7 heteroatoms. The minimum atomic E-state index is 0.0189. The summed E-state index contributed by atoms with van der Waals surface area (Å²) in [5.74, 6) is 1.56. The van der Waals surface area contributed by atoms with Gasteiger partial charge in [-0.1, -0.05) is 20.8 Å². The molecule has 1 aromatic carbocycles. The van der Waals surface area contributed by atoms with Crippen LogP contribution in [0.15, 0.2) is 36.7 Å². The molecule has 0 radical (unpaired) electrons. The van der Waals surface area contributed by atoms with Gasteiger partial charge in [0.2, 0.25) is 5.88 Å². The third-order valence-corrected chi connectivity index (χ3v) is 5.16.